The summed E-state index contributed by atoms with van der Waals surface area (Å²) in [5.74, 6) is 1.22. The van der Waals surface area contributed by atoms with Crippen molar-refractivity contribution in [1.82, 2.24) is 4.90 Å². The van der Waals surface area contributed by atoms with E-state index >= 15 is 0 Å². The van der Waals surface area contributed by atoms with Gasteiger partial charge in [0.25, 0.3) is 0 Å². The highest BCUT2D eigenvalue weighted by Gasteiger charge is 2.44. The molecule has 0 aromatic heterocycles. The van der Waals surface area contributed by atoms with Crippen molar-refractivity contribution >= 4 is 5.91 Å². The summed E-state index contributed by atoms with van der Waals surface area (Å²) in [5, 5.41) is 0. The molecule has 15 heavy (non-hydrogen) atoms. The van der Waals surface area contributed by atoms with Gasteiger partial charge in [0.2, 0.25) is 5.91 Å². The molecule has 1 heterocycles. The highest BCUT2D eigenvalue weighted by atomic mass is 16.2. The molecule has 1 saturated carbocycles. The van der Waals surface area contributed by atoms with Gasteiger partial charge in [-0.3, -0.25) is 4.79 Å². The minimum atomic E-state index is -0.0757. The second-order valence-electron chi connectivity index (χ2n) is 5.43. The van der Waals surface area contributed by atoms with E-state index in [0.717, 1.165) is 25.9 Å². The van der Waals surface area contributed by atoms with Gasteiger partial charge >= 0.3 is 0 Å². The van der Waals surface area contributed by atoms with E-state index in [0.29, 0.717) is 11.8 Å². The van der Waals surface area contributed by atoms with E-state index in [1.54, 1.807) is 0 Å². The van der Waals surface area contributed by atoms with Crippen molar-refractivity contribution in [2.75, 3.05) is 13.1 Å². The summed E-state index contributed by atoms with van der Waals surface area (Å²) in [4.78, 5) is 13.9. The number of rotatable bonds is 4. The summed E-state index contributed by atoms with van der Waals surface area (Å²) in [7, 11) is 0. The van der Waals surface area contributed by atoms with Gasteiger partial charge in [0.05, 0.1) is 5.54 Å². The Morgan fingerprint density at radius 2 is 2.13 bits per heavy atom. The lowest BCUT2D eigenvalue weighted by Crippen LogP contribution is -2.69. The third-order valence-corrected chi connectivity index (χ3v) is 3.79. The van der Waals surface area contributed by atoms with Gasteiger partial charge in [-0.2, -0.15) is 0 Å². The third kappa shape index (κ3) is 2.17. The number of carbonyl (C=O) groups is 1. The van der Waals surface area contributed by atoms with E-state index in [-0.39, 0.29) is 11.5 Å². The van der Waals surface area contributed by atoms with Gasteiger partial charge in [-0.15, -0.1) is 0 Å². The minimum Gasteiger partial charge on any atom is -0.339 e. The zero-order valence-corrected chi connectivity index (χ0v) is 9.83. The molecule has 1 saturated heterocycles. The topological polar surface area (TPSA) is 46.3 Å². The van der Waals surface area contributed by atoms with Gasteiger partial charge in [0, 0.05) is 19.0 Å². The monoisotopic (exact) mass is 210 g/mol. The van der Waals surface area contributed by atoms with Crippen LogP contribution in [0.5, 0.6) is 0 Å². The molecule has 2 rings (SSSR count). The normalized spacial score (nSPS) is 25.9. The summed E-state index contributed by atoms with van der Waals surface area (Å²) in [6.07, 6.45) is 4.62. The van der Waals surface area contributed by atoms with Crippen LogP contribution in [0.2, 0.25) is 0 Å². The maximum absolute atomic E-state index is 12.0. The first-order chi connectivity index (χ1) is 7.06. The second-order valence-corrected chi connectivity index (χ2v) is 5.43. The predicted octanol–water partition coefficient (Wildman–Crippen LogP) is 1.37. The van der Waals surface area contributed by atoms with Gasteiger partial charge < -0.3 is 10.6 Å². The van der Waals surface area contributed by atoms with Crippen molar-refractivity contribution in [3.8, 4) is 0 Å². The molecule has 0 aromatic carbocycles. The quantitative estimate of drug-likeness (QED) is 0.762. The molecule has 0 radical (unpaired) electrons. The Morgan fingerprint density at radius 3 is 2.60 bits per heavy atom. The molecule has 1 amide bonds. The first kappa shape index (κ1) is 10.9. The number of hydrogen-bond donors (Lipinski definition) is 1. The molecule has 1 aliphatic heterocycles. The second kappa shape index (κ2) is 3.78. The standard InChI is InChI=1S/C12H22N2O/c1-3-6-12(13)7-14(8-12)11(15)9(2)10-4-5-10/h9-10H,3-8,13H2,1-2H3. The van der Waals surface area contributed by atoms with Crippen LogP contribution in [-0.4, -0.2) is 29.4 Å². The van der Waals surface area contributed by atoms with Crippen molar-refractivity contribution in [1.29, 1.82) is 0 Å². The first-order valence-electron chi connectivity index (χ1n) is 6.13. The SMILES string of the molecule is CCCC1(N)CN(C(=O)C(C)C2CC2)C1. The lowest BCUT2D eigenvalue weighted by Gasteiger charge is -2.48. The Kier molecular flexibility index (Phi) is 2.75. The van der Waals surface area contributed by atoms with E-state index in [9.17, 15) is 4.79 Å². The number of hydrogen-bond acceptors (Lipinski definition) is 2. The highest BCUT2D eigenvalue weighted by Crippen LogP contribution is 2.38. The molecule has 1 aliphatic carbocycles. The molecule has 3 nitrogen and oxygen atoms in total. The summed E-state index contributed by atoms with van der Waals surface area (Å²) in [6, 6.07) is 0. The van der Waals surface area contributed by atoms with Gasteiger partial charge in [-0.25, -0.2) is 0 Å². The van der Waals surface area contributed by atoms with Crippen molar-refractivity contribution in [3.05, 3.63) is 0 Å². The van der Waals surface area contributed by atoms with Crippen LogP contribution in [0, 0.1) is 11.8 Å². The van der Waals surface area contributed by atoms with Crippen LogP contribution in [0.4, 0.5) is 0 Å². The Morgan fingerprint density at radius 1 is 1.53 bits per heavy atom. The van der Waals surface area contributed by atoms with Crippen LogP contribution >= 0.6 is 0 Å². The minimum absolute atomic E-state index is 0.0757. The zero-order valence-electron chi connectivity index (χ0n) is 9.83. The molecule has 0 bridgehead atoms. The highest BCUT2D eigenvalue weighted by molar-refractivity contribution is 5.80. The van der Waals surface area contributed by atoms with Gasteiger partial charge in [-0.05, 0) is 25.2 Å². The molecule has 0 aromatic rings. The van der Waals surface area contributed by atoms with Crippen molar-refractivity contribution in [2.45, 2.75) is 45.1 Å². The van der Waals surface area contributed by atoms with E-state index in [1.807, 2.05) is 4.90 Å². The molecule has 1 atom stereocenters. The van der Waals surface area contributed by atoms with Gasteiger partial charge in [0.1, 0.15) is 0 Å². The van der Waals surface area contributed by atoms with E-state index in [1.165, 1.54) is 12.8 Å². The summed E-state index contributed by atoms with van der Waals surface area (Å²) in [5.41, 5.74) is 6.06. The summed E-state index contributed by atoms with van der Waals surface area (Å²) < 4.78 is 0. The lowest BCUT2D eigenvalue weighted by atomic mass is 9.85. The Balaban J connectivity index is 1.80. The summed E-state index contributed by atoms with van der Waals surface area (Å²) in [6.45, 7) is 5.76. The molecular formula is C12H22N2O. The summed E-state index contributed by atoms with van der Waals surface area (Å²) >= 11 is 0. The van der Waals surface area contributed by atoms with E-state index in [2.05, 4.69) is 13.8 Å². The van der Waals surface area contributed by atoms with Gasteiger partial charge in [-0.1, -0.05) is 20.3 Å². The lowest BCUT2D eigenvalue weighted by molar-refractivity contribution is -0.143. The zero-order chi connectivity index (χ0) is 11.1. The molecular weight excluding hydrogens is 188 g/mol. The van der Waals surface area contributed by atoms with Crippen LogP contribution in [0.25, 0.3) is 0 Å². The number of nitrogens with two attached hydrogens (primary N) is 1. The van der Waals surface area contributed by atoms with Crippen LogP contribution in [0.3, 0.4) is 0 Å². The van der Waals surface area contributed by atoms with Crippen molar-refractivity contribution in [2.24, 2.45) is 17.6 Å². The van der Waals surface area contributed by atoms with Crippen LogP contribution < -0.4 is 5.73 Å². The van der Waals surface area contributed by atoms with E-state index < -0.39 is 0 Å². The van der Waals surface area contributed by atoms with Crippen LogP contribution in [0.15, 0.2) is 0 Å². The van der Waals surface area contributed by atoms with E-state index in [4.69, 9.17) is 5.73 Å². The fraction of sp³-hybridized carbons (Fsp3) is 0.917. The van der Waals surface area contributed by atoms with Gasteiger partial charge in [0.15, 0.2) is 0 Å². The molecule has 0 spiro atoms. The third-order valence-electron chi connectivity index (χ3n) is 3.79. The maximum atomic E-state index is 12.0. The Hall–Kier alpha value is -0.570. The number of amides is 1. The molecule has 2 fully saturated rings. The van der Waals surface area contributed by atoms with Crippen molar-refractivity contribution in [3.63, 3.8) is 0 Å². The smallest absolute Gasteiger partial charge is 0.225 e. The molecule has 3 heteroatoms. The number of carbonyl (C=O) groups excluding carboxylic acids is 1. The first-order valence-corrected chi connectivity index (χ1v) is 6.13. The molecule has 2 aliphatic rings. The fourth-order valence-corrected chi connectivity index (χ4v) is 2.61. The Bertz CT molecular complexity index is 254. The van der Waals surface area contributed by atoms with Crippen LogP contribution in [0.1, 0.15) is 39.5 Å². The largest absolute Gasteiger partial charge is 0.339 e. The molecule has 1 unspecified atom stereocenters. The molecule has 86 valence electrons. The Labute approximate surface area is 92.0 Å². The maximum Gasteiger partial charge on any atom is 0.225 e. The average Bonchev–Trinajstić information content (AvgIpc) is 2.95. The number of likely N-dealkylation sites (tertiary alicyclic amines) is 1. The fourth-order valence-electron chi connectivity index (χ4n) is 2.61. The van der Waals surface area contributed by atoms with Crippen molar-refractivity contribution < 1.29 is 4.79 Å². The molecule has 2 N–H and O–H groups in total. The average molecular weight is 210 g/mol. The predicted molar refractivity (Wildman–Crippen MR) is 60.3 cm³/mol. The number of nitrogens with zero attached hydrogens (tertiary/aromatic N) is 1. The van der Waals surface area contributed by atoms with Crippen LogP contribution in [-0.2, 0) is 4.79 Å².